The summed E-state index contributed by atoms with van der Waals surface area (Å²) in [5, 5.41) is 0. The minimum absolute atomic E-state index is 0.0245. The van der Waals surface area contributed by atoms with Crippen molar-refractivity contribution < 1.29 is 17.9 Å². The Morgan fingerprint density at radius 2 is 1.89 bits per heavy atom. The molecule has 0 saturated carbocycles. The molecular formula is C20H24N2O4S. The summed E-state index contributed by atoms with van der Waals surface area (Å²) in [5.41, 5.74) is 2.89. The molecule has 2 aromatic rings. The van der Waals surface area contributed by atoms with E-state index in [9.17, 15) is 8.42 Å². The van der Waals surface area contributed by atoms with Crippen molar-refractivity contribution >= 4 is 21.6 Å². The minimum atomic E-state index is -3.78. The molecule has 3 rings (SSSR count). The summed E-state index contributed by atoms with van der Waals surface area (Å²) in [5.74, 6) is 0.937. The number of aryl methyl sites for hydroxylation is 1. The first-order valence-electron chi connectivity index (χ1n) is 8.70. The Kier molecular flexibility index (Phi) is 5.15. The molecule has 6 nitrogen and oxygen atoms in total. The summed E-state index contributed by atoms with van der Waals surface area (Å²) in [6, 6.07) is 10.3. The maximum absolute atomic E-state index is 13.2. The molecule has 2 aromatic carbocycles. The van der Waals surface area contributed by atoms with Crippen LogP contribution in [0.2, 0.25) is 0 Å². The summed E-state index contributed by atoms with van der Waals surface area (Å²) in [7, 11) is -0.712. The van der Waals surface area contributed by atoms with Crippen LogP contribution in [0.15, 0.2) is 46.3 Å². The lowest BCUT2D eigenvalue weighted by Gasteiger charge is -2.26. The van der Waals surface area contributed by atoms with Gasteiger partial charge >= 0.3 is 0 Å². The van der Waals surface area contributed by atoms with E-state index in [1.165, 1.54) is 18.5 Å². The van der Waals surface area contributed by atoms with Gasteiger partial charge in [-0.1, -0.05) is 18.2 Å². The molecular weight excluding hydrogens is 364 g/mol. The van der Waals surface area contributed by atoms with Crippen molar-refractivity contribution in [1.82, 2.24) is 0 Å². The van der Waals surface area contributed by atoms with Crippen LogP contribution in [0, 0.1) is 13.8 Å². The number of benzene rings is 2. The second kappa shape index (κ2) is 7.23. The zero-order valence-corrected chi connectivity index (χ0v) is 17.0. The first-order valence-corrected chi connectivity index (χ1v) is 10.1. The molecule has 1 aliphatic heterocycles. The topological polar surface area (TPSA) is 68.2 Å². The number of ether oxygens (including phenoxy) is 2. The largest absolute Gasteiger partial charge is 0.494 e. The van der Waals surface area contributed by atoms with E-state index in [2.05, 4.69) is 4.99 Å². The minimum Gasteiger partial charge on any atom is -0.494 e. The summed E-state index contributed by atoms with van der Waals surface area (Å²) in [4.78, 5) is 4.73. The highest BCUT2D eigenvalue weighted by Gasteiger charge is 2.31. The Morgan fingerprint density at radius 3 is 2.44 bits per heavy atom. The van der Waals surface area contributed by atoms with Crippen LogP contribution in [0.25, 0.3) is 0 Å². The molecule has 0 amide bonds. The third-order valence-corrected chi connectivity index (χ3v) is 6.48. The summed E-state index contributed by atoms with van der Waals surface area (Å²) < 4.78 is 39.0. The third-order valence-electron chi connectivity index (χ3n) is 4.71. The summed E-state index contributed by atoms with van der Waals surface area (Å²) >= 11 is 0. The van der Waals surface area contributed by atoms with Crippen molar-refractivity contribution in [2.75, 3.05) is 25.1 Å². The van der Waals surface area contributed by atoms with Crippen LogP contribution in [0.1, 0.15) is 23.6 Å². The van der Waals surface area contributed by atoms with E-state index in [0.717, 1.165) is 11.1 Å². The second-order valence-electron chi connectivity index (χ2n) is 6.63. The van der Waals surface area contributed by atoms with Crippen LogP contribution in [0.4, 0.5) is 5.69 Å². The molecule has 0 saturated heterocycles. The maximum atomic E-state index is 13.2. The Balaban J connectivity index is 2.24. The van der Waals surface area contributed by atoms with Gasteiger partial charge in [0.15, 0.2) is 0 Å². The average molecular weight is 388 g/mol. The van der Waals surface area contributed by atoms with E-state index >= 15 is 0 Å². The van der Waals surface area contributed by atoms with E-state index in [0.29, 0.717) is 29.5 Å². The number of rotatable bonds is 5. The van der Waals surface area contributed by atoms with Crippen molar-refractivity contribution in [2.24, 2.45) is 4.99 Å². The lowest BCUT2D eigenvalue weighted by Crippen LogP contribution is -2.29. The normalized spacial score (nSPS) is 16.6. The monoisotopic (exact) mass is 388 g/mol. The van der Waals surface area contributed by atoms with Crippen molar-refractivity contribution in [3.8, 4) is 5.75 Å². The standard InChI is InChI=1S/C20H24N2O4S/c1-13-11-17(20-21-14(2)12-26-20)18(19(25-5)15(13)3)22(4)27(23,24)16-9-7-6-8-10-16/h6-11,14H,12H2,1-5H3/t14-/m0/s1. The molecule has 7 heteroatoms. The highest BCUT2D eigenvalue weighted by Crippen LogP contribution is 2.40. The molecule has 1 heterocycles. The van der Waals surface area contributed by atoms with Crippen molar-refractivity contribution in [3.05, 3.63) is 53.1 Å². The molecule has 1 aliphatic rings. The molecule has 27 heavy (non-hydrogen) atoms. The molecule has 0 aromatic heterocycles. The molecule has 0 bridgehead atoms. The third kappa shape index (κ3) is 3.39. The van der Waals surface area contributed by atoms with Gasteiger partial charge in [0.1, 0.15) is 18.0 Å². The van der Waals surface area contributed by atoms with Crippen molar-refractivity contribution in [3.63, 3.8) is 0 Å². The van der Waals surface area contributed by atoms with E-state index in [1.54, 1.807) is 30.3 Å². The fraction of sp³-hybridized carbons (Fsp3) is 0.350. The zero-order chi connectivity index (χ0) is 19.8. The predicted octanol–water partition coefficient (Wildman–Crippen LogP) is 3.30. The SMILES string of the molecule is COc1c(C)c(C)cc(C2=N[C@@H](C)CO2)c1N(C)S(=O)(=O)c1ccccc1. The number of methoxy groups -OCH3 is 1. The number of sulfonamides is 1. The fourth-order valence-corrected chi connectivity index (χ4v) is 4.33. The Hall–Kier alpha value is -2.54. The van der Waals surface area contributed by atoms with Crippen LogP contribution in [0.5, 0.6) is 5.75 Å². The Labute approximate surface area is 160 Å². The number of aliphatic imine (C=N–C) groups is 1. The van der Waals surface area contributed by atoms with Crippen molar-refractivity contribution in [2.45, 2.75) is 31.7 Å². The summed E-state index contributed by atoms with van der Waals surface area (Å²) in [6.45, 7) is 6.29. The second-order valence-corrected chi connectivity index (χ2v) is 8.60. The molecule has 0 spiro atoms. The van der Waals surface area contributed by atoms with Gasteiger partial charge in [0, 0.05) is 7.05 Å². The quantitative estimate of drug-likeness (QED) is 0.788. The van der Waals surface area contributed by atoms with Gasteiger partial charge in [-0.15, -0.1) is 0 Å². The molecule has 144 valence electrons. The highest BCUT2D eigenvalue weighted by atomic mass is 32.2. The van der Waals surface area contributed by atoms with Gasteiger partial charge in [0.25, 0.3) is 10.0 Å². The van der Waals surface area contributed by atoms with Crippen LogP contribution in [-0.2, 0) is 14.8 Å². The average Bonchev–Trinajstić information content (AvgIpc) is 3.09. The smallest absolute Gasteiger partial charge is 0.264 e. The predicted molar refractivity (Wildman–Crippen MR) is 106 cm³/mol. The van der Waals surface area contributed by atoms with Crippen LogP contribution in [0.3, 0.4) is 0 Å². The Morgan fingerprint density at radius 1 is 1.22 bits per heavy atom. The molecule has 0 unspecified atom stereocenters. The van der Waals surface area contributed by atoms with Crippen molar-refractivity contribution in [1.29, 1.82) is 0 Å². The summed E-state index contributed by atoms with van der Waals surface area (Å²) in [6.07, 6.45) is 0. The van der Waals surface area contributed by atoms with Crippen LogP contribution in [-0.4, -0.2) is 41.1 Å². The van der Waals surface area contributed by atoms with E-state index in [1.807, 2.05) is 26.8 Å². The van der Waals surface area contributed by atoms with Gasteiger partial charge in [-0.2, -0.15) is 0 Å². The van der Waals surface area contributed by atoms with E-state index in [-0.39, 0.29) is 10.9 Å². The number of nitrogens with zero attached hydrogens (tertiary/aromatic N) is 2. The molecule has 0 aliphatic carbocycles. The molecule has 1 atom stereocenters. The lowest BCUT2D eigenvalue weighted by atomic mass is 10.0. The zero-order valence-electron chi connectivity index (χ0n) is 16.2. The van der Waals surface area contributed by atoms with E-state index < -0.39 is 10.0 Å². The van der Waals surface area contributed by atoms with Crippen LogP contribution >= 0.6 is 0 Å². The molecule has 0 fully saturated rings. The van der Waals surface area contributed by atoms with Gasteiger partial charge < -0.3 is 9.47 Å². The number of hydrogen-bond donors (Lipinski definition) is 0. The number of anilines is 1. The maximum Gasteiger partial charge on any atom is 0.264 e. The van der Waals surface area contributed by atoms with Crippen LogP contribution < -0.4 is 9.04 Å². The highest BCUT2D eigenvalue weighted by molar-refractivity contribution is 7.92. The fourth-order valence-electron chi connectivity index (χ4n) is 3.09. The van der Waals surface area contributed by atoms with E-state index in [4.69, 9.17) is 9.47 Å². The van der Waals surface area contributed by atoms with Gasteiger partial charge in [0.2, 0.25) is 5.90 Å². The van der Waals surface area contributed by atoms with Gasteiger partial charge in [-0.05, 0) is 50.1 Å². The molecule has 0 N–H and O–H groups in total. The van der Waals surface area contributed by atoms with Gasteiger partial charge in [0.05, 0.1) is 23.6 Å². The Bertz CT molecular complexity index is 985. The first kappa shape index (κ1) is 19.2. The molecule has 0 radical (unpaired) electrons. The van der Waals surface area contributed by atoms with Gasteiger partial charge in [-0.25, -0.2) is 13.4 Å². The van der Waals surface area contributed by atoms with Gasteiger partial charge in [-0.3, -0.25) is 4.31 Å². The first-order chi connectivity index (χ1) is 12.8. The lowest BCUT2D eigenvalue weighted by molar-refractivity contribution is 0.324. The number of hydrogen-bond acceptors (Lipinski definition) is 5.